The van der Waals surface area contributed by atoms with Crippen molar-refractivity contribution in [2.24, 2.45) is 0 Å². The molecule has 14 heavy (non-hydrogen) atoms. The molecule has 3 nitrogen and oxygen atoms in total. The lowest BCUT2D eigenvalue weighted by Gasteiger charge is -2.03. The zero-order chi connectivity index (χ0) is 10.1. The van der Waals surface area contributed by atoms with E-state index in [9.17, 15) is 4.79 Å². The van der Waals surface area contributed by atoms with Gasteiger partial charge >= 0.3 is 5.69 Å². The van der Waals surface area contributed by atoms with Gasteiger partial charge in [0.05, 0.1) is 5.69 Å². The van der Waals surface area contributed by atoms with Gasteiger partial charge in [0.2, 0.25) is 0 Å². The summed E-state index contributed by atoms with van der Waals surface area (Å²) in [5, 5.41) is 0. The maximum absolute atomic E-state index is 11.3. The Balaban J connectivity index is 2.63. The van der Waals surface area contributed by atoms with Crippen LogP contribution in [0.5, 0.6) is 0 Å². The van der Waals surface area contributed by atoms with Crippen molar-refractivity contribution >= 4 is 31.9 Å². The van der Waals surface area contributed by atoms with Crippen molar-refractivity contribution in [3.8, 4) is 5.69 Å². The van der Waals surface area contributed by atoms with E-state index in [1.54, 1.807) is 12.4 Å². The van der Waals surface area contributed by atoms with Gasteiger partial charge in [-0.25, -0.2) is 4.79 Å². The van der Waals surface area contributed by atoms with Gasteiger partial charge in [-0.15, -0.1) is 0 Å². The summed E-state index contributed by atoms with van der Waals surface area (Å²) in [7, 11) is 0. The normalized spacial score (nSPS) is 10.4. The van der Waals surface area contributed by atoms with Crippen LogP contribution in [0.4, 0.5) is 0 Å². The number of hydrogen-bond donors (Lipinski definition) is 1. The first kappa shape index (κ1) is 9.73. The minimum Gasteiger partial charge on any atom is -0.312 e. The molecule has 0 saturated carbocycles. The molecule has 1 heterocycles. The topological polar surface area (TPSA) is 37.8 Å². The Morgan fingerprint density at radius 2 is 2.07 bits per heavy atom. The van der Waals surface area contributed by atoms with Gasteiger partial charge in [0, 0.05) is 21.3 Å². The smallest absolute Gasteiger partial charge is 0.312 e. The Hall–Kier alpha value is -0.810. The number of nitrogens with zero attached hydrogens (tertiary/aromatic N) is 1. The van der Waals surface area contributed by atoms with Gasteiger partial charge in [-0.1, -0.05) is 15.9 Å². The Kier molecular flexibility index (Phi) is 2.60. The van der Waals surface area contributed by atoms with E-state index >= 15 is 0 Å². The second kappa shape index (κ2) is 3.74. The van der Waals surface area contributed by atoms with Gasteiger partial charge < -0.3 is 4.98 Å². The molecule has 0 bridgehead atoms. The number of aromatic amines is 1. The van der Waals surface area contributed by atoms with E-state index in [0.29, 0.717) is 0 Å². The van der Waals surface area contributed by atoms with Crippen LogP contribution in [0.1, 0.15) is 0 Å². The fourth-order valence-electron chi connectivity index (χ4n) is 1.19. The largest absolute Gasteiger partial charge is 0.330 e. The van der Waals surface area contributed by atoms with Crippen molar-refractivity contribution in [1.82, 2.24) is 9.55 Å². The van der Waals surface area contributed by atoms with Crippen molar-refractivity contribution in [1.29, 1.82) is 0 Å². The zero-order valence-corrected chi connectivity index (χ0v) is 10.2. The lowest BCUT2D eigenvalue weighted by Crippen LogP contribution is -2.14. The number of nitrogens with one attached hydrogen (secondary N) is 1. The number of aromatic nitrogens is 2. The van der Waals surface area contributed by atoms with Gasteiger partial charge in [-0.3, -0.25) is 4.57 Å². The Morgan fingerprint density at radius 1 is 1.29 bits per heavy atom. The molecule has 1 aromatic carbocycles. The predicted octanol–water partition coefficient (Wildman–Crippen LogP) is 2.69. The summed E-state index contributed by atoms with van der Waals surface area (Å²) in [6, 6.07) is 5.65. The number of rotatable bonds is 1. The number of imidazole rings is 1. The van der Waals surface area contributed by atoms with Gasteiger partial charge in [0.15, 0.2) is 0 Å². The summed E-state index contributed by atoms with van der Waals surface area (Å²) in [6.07, 6.45) is 3.30. The lowest BCUT2D eigenvalue weighted by atomic mass is 10.3. The maximum atomic E-state index is 11.3. The third-order valence-electron chi connectivity index (χ3n) is 1.82. The highest BCUT2D eigenvalue weighted by molar-refractivity contribution is 9.11. The minimum atomic E-state index is -0.145. The number of halogens is 2. The van der Waals surface area contributed by atoms with Gasteiger partial charge in [0.1, 0.15) is 0 Å². The summed E-state index contributed by atoms with van der Waals surface area (Å²) in [6.45, 7) is 0. The molecule has 1 N–H and O–H groups in total. The zero-order valence-electron chi connectivity index (χ0n) is 7.00. The maximum Gasteiger partial charge on any atom is 0.330 e. The van der Waals surface area contributed by atoms with E-state index in [4.69, 9.17) is 0 Å². The third kappa shape index (κ3) is 1.69. The highest BCUT2D eigenvalue weighted by Gasteiger charge is 2.04. The minimum absolute atomic E-state index is 0.145. The fourth-order valence-corrected chi connectivity index (χ4v) is 2.42. The molecule has 1 aromatic heterocycles. The molecule has 0 amide bonds. The molecular formula is C9H6Br2N2O. The van der Waals surface area contributed by atoms with Crippen molar-refractivity contribution < 1.29 is 0 Å². The molecule has 0 spiro atoms. The molecule has 0 radical (unpaired) electrons. The molecule has 5 heteroatoms. The van der Waals surface area contributed by atoms with E-state index in [2.05, 4.69) is 36.8 Å². The molecule has 0 aliphatic heterocycles. The van der Waals surface area contributed by atoms with Crippen LogP contribution in [-0.2, 0) is 0 Å². The van der Waals surface area contributed by atoms with Crippen LogP contribution < -0.4 is 5.69 Å². The first-order valence-corrected chi connectivity index (χ1v) is 5.48. The van der Waals surface area contributed by atoms with Crippen LogP contribution in [0, 0.1) is 0 Å². The molecule has 0 unspecified atom stereocenters. The molecule has 0 aliphatic rings. The van der Waals surface area contributed by atoms with Crippen molar-refractivity contribution in [3.63, 3.8) is 0 Å². The molecule has 0 fully saturated rings. The summed E-state index contributed by atoms with van der Waals surface area (Å²) < 4.78 is 3.38. The third-order valence-corrected chi connectivity index (χ3v) is 2.95. The van der Waals surface area contributed by atoms with Gasteiger partial charge in [-0.05, 0) is 34.1 Å². The fraction of sp³-hybridized carbons (Fsp3) is 0. The molecule has 2 aromatic rings. The molecule has 2 rings (SSSR count). The Labute approximate surface area is 97.0 Å². The average Bonchev–Trinajstić information content (AvgIpc) is 2.52. The van der Waals surface area contributed by atoms with Crippen LogP contribution in [0.3, 0.4) is 0 Å². The first-order valence-electron chi connectivity index (χ1n) is 3.90. The molecule has 0 saturated heterocycles. The monoisotopic (exact) mass is 316 g/mol. The van der Waals surface area contributed by atoms with E-state index < -0.39 is 0 Å². The first-order chi connectivity index (χ1) is 6.68. The highest BCUT2D eigenvalue weighted by atomic mass is 79.9. The summed E-state index contributed by atoms with van der Waals surface area (Å²) in [4.78, 5) is 13.9. The van der Waals surface area contributed by atoms with Crippen LogP contribution in [0.2, 0.25) is 0 Å². The van der Waals surface area contributed by atoms with Crippen LogP contribution >= 0.6 is 31.9 Å². The number of H-pyrrole nitrogens is 1. The number of hydrogen-bond acceptors (Lipinski definition) is 1. The van der Waals surface area contributed by atoms with Crippen molar-refractivity contribution in [2.75, 3.05) is 0 Å². The second-order valence-corrected chi connectivity index (χ2v) is 4.50. The quantitative estimate of drug-likeness (QED) is 0.862. The molecule has 0 aliphatic carbocycles. The van der Waals surface area contributed by atoms with Crippen LogP contribution in [0.25, 0.3) is 5.69 Å². The van der Waals surface area contributed by atoms with E-state index in [-0.39, 0.29) is 5.69 Å². The number of benzene rings is 1. The average molecular weight is 318 g/mol. The van der Waals surface area contributed by atoms with Gasteiger partial charge in [-0.2, -0.15) is 0 Å². The summed E-state index contributed by atoms with van der Waals surface area (Å²) in [5.41, 5.74) is 0.674. The molecule has 0 atom stereocenters. The SMILES string of the molecule is O=c1[nH]ccn1-c1ccc(Br)cc1Br. The standard InChI is InChI=1S/C9H6Br2N2O/c10-6-1-2-8(7(11)5-6)13-4-3-12-9(13)14/h1-5H,(H,12,14). The highest BCUT2D eigenvalue weighted by Crippen LogP contribution is 2.23. The molecular weight excluding hydrogens is 312 g/mol. The molecule has 72 valence electrons. The van der Waals surface area contributed by atoms with Crippen molar-refractivity contribution in [3.05, 3.63) is 50.0 Å². The van der Waals surface area contributed by atoms with Crippen molar-refractivity contribution in [2.45, 2.75) is 0 Å². The van der Waals surface area contributed by atoms with E-state index in [1.165, 1.54) is 4.57 Å². The van der Waals surface area contributed by atoms with Crippen LogP contribution in [0.15, 0.2) is 44.3 Å². The van der Waals surface area contributed by atoms with E-state index in [1.807, 2.05) is 18.2 Å². The Morgan fingerprint density at radius 3 is 2.64 bits per heavy atom. The lowest BCUT2D eigenvalue weighted by molar-refractivity contribution is 0.981. The second-order valence-electron chi connectivity index (χ2n) is 2.73. The Bertz CT molecular complexity index is 516. The van der Waals surface area contributed by atoms with E-state index in [0.717, 1.165) is 14.6 Å². The summed E-state index contributed by atoms with van der Waals surface area (Å²) >= 11 is 6.75. The predicted molar refractivity (Wildman–Crippen MR) is 61.8 cm³/mol. The van der Waals surface area contributed by atoms with Gasteiger partial charge in [0.25, 0.3) is 0 Å². The van der Waals surface area contributed by atoms with Crippen LogP contribution in [-0.4, -0.2) is 9.55 Å². The summed E-state index contributed by atoms with van der Waals surface area (Å²) in [5.74, 6) is 0.